The van der Waals surface area contributed by atoms with Crippen LogP contribution in [0.25, 0.3) is 5.57 Å². The third-order valence-corrected chi connectivity index (χ3v) is 3.79. The molecule has 1 fully saturated rings. The molecule has 1 aromatic carbocycles. The molecule has 2 aliphatic carbocycles. The zero-order valence-electron chi connectivity index (χ0n) is 9.40. The number of rotatable bonds is 1. The van der Waals surface area contributed by atoms with Crippen molar-refractivity contribution in [2.24, 2.45) is 11.8 Å². The summed E-state index contributed by atoms with van der Waals surface area (Å²) in [5, 5.41) is 9.16. The molecule has 0 amide bonds. The molecule has 2 heteroatoms. The molecule has 16 heavy (non-hydrogen) atoms. The van der Waals surface area contributed by atoms with Gasteiger partial charge in [-0.2, -0.15) is 0 Å². The minimum atomic E-state index is -0.650. The Balaban J connectivity index is 2.16. The van der Waals surface area contributed by atoms with E-state index in [1.54, 1.807) is 0 Å². The van der Waals surface area contributed by atoms with Crippen molar-refractivity contribution >= 4 is 11.5 Å². The summed E-state index contributed by atoms with van der Waals surface area (Å²) >= 11 is 0. The van der Waals surface area contributed by atoms with Gasteiger partial charge in [0.15, 0.2) is 0 Å². The zero-order valence-corrected chi connectivity index (χ0v) is 9.40. The Morgan fingerprint density at radius 1 is 1.19 bits per heavy atom. The molecule has 3 rings (SSSR count). The smallest absolute Gasteiger partial charge is 0.307 e. The molecule has 0 radical (unpaired) electrons. The summed E-state index contributed by atoms with van der Waals surface area (Å²) in [6.07, 6.45) is 0. The van der Waals surface area contributed by atoms with Gasteiger partial charge in [-0.3, -0.25) is 4.79 Å². The van der Waals surface area contributed by atoms with E-state index in [2.05, 4.69) is 26.0 Å². The average Bonchev–Trinajstić information content (AvgIpc) is 2.86. The number of carbonyl (C=O) groups is 1. The third-order valence-electron chi connectivity index (χ3n) is 3.79. The van der Waals surface area contributed by atoms with Crippen molar-refractivity contribution in [1.82, 2.24) is 0 Å². The standard InChI is InChI=1S/C14H14O2/c1-7(2)10-8-5-3-4-6-9(8)11-12(10)13(11)14(15)16/h3-6,11-13H,1-2H3,(H,15,16). The minimum absolute atomic E-state index is 0.181. The molecule has 1 aromatic rings. The molecule has 0 aliphatic heterocycles. The molecule has 1 saturated carbocycles. The van der Waals surface area contributed by atoms with Crippen LogP contribution in [0.2, 0.25) is 0 Å². The van der Waals surface area contributed by atoms with E-state index in [0.29, 0.717) is 0 Å². The van der Waals surface area contributed by atoms with Gasteiger partial charge in [-0.25, -0.2) is 0 Å². The first kappa shape index (κ1) is 9.64. The lowest BCUT2D eigenvalue weighted by Gasteiger charge is -2.09. The quantitative estimate of drug-likeness (QED) is 0.780. The molecule has 2 nitrogen and oxygen atoms in total. The monoisotopic (exact) mass is 214 g/mol. The Labute approximate surface area is 94.6 Å². The van der Waals surface area contributed by atoms with Gasteiger partial charge in [-0.1, -0.05) is 29.8 Å². The first-order valence-corrected chi connectivity index (χ1v) is 5.62. The maximum Gasteiger partial charge on any atom is 0.307 e. The van der Waals surface area contributed by atoms with Crippen LogP contribution in [0.15, 0.2) is 29.8 Å². The second-order valence-electron chi connectivity index (χ2n) is 4.92. The summed E-state index contributed by atoms with van der Waals surface area (Å²) in [6.45, 7) is 4.15. The van der Waals surface area contributed by atoms with Crippen LogP contribution in [0.3, 0.4) is 0 Å². The number of aliphatic carboxylic acids is 1. The van der Waals surface area contributed by atoms with Crippen LogP contribution in [0.1, 0.15) is 30.9 Å². The average molecular weight is 214 g/mol. The molecule has 0 spiro atoms. The summed E-state index contributed by atoms with van der Waals surface area (Å²) in [7, 11) is 0. The van der Waals surface area contributed by atoms with Gasteiger partial charge in [0.1, 0.15) is 0 Å². The van der Waals surface area contributed by atoms with Crippen LogP contribution >= 0.6 is 0 Å². The molecule has 0 aromatic heterocycles. The molecule has 3 atom stereocenters. The molecular formula is C14H14O2. The highest BCUT2D eigenvalue weighted by Gasteiger charge is 2.62. The SMILES string of the molecule is CC(C)=C1c2ccccc2C2C(C(=O)O)C12. The lowest BCUT2D eigenvalue weighted by molar-refractivity contribution is -0.138. The van der Waals surface area contributed by atoms with Crippen LogP contribution in [0, 0.1) is 11.8 Å². The minimum Gasteiger partial charge on any atom is -0.481 e. The summed E-state index contributed by atoms with van der Waals surface area (Å²) in [5.74, 6) is -0.360. The molecule has 0 bridgehead atoms. The summed E-state index contributed by atoms with van der Waals surface area (Å²) < 4.78 is 0. The summed E-state index contributed by atoms with van der Waals surface area (Å²) in [6, 6.07) is 8.22. The topological polar surface area (TPSA) is 37.3 Å². The number of allylic oxidation sites excluding steroid dienone is 2. The number of carboxylic acids is 1. The first-order chi connectivity index (χ1) is 7.63. The van der Waals surface area contributed by atoms with Crippen LogP contribution in [0.5, 0.6) is 0 Å². The van der Waals surface area contributed by atoms with Gasteiger partial charge in [-0.05, 0) is 30.5 Å². The van der Waals surface area contributed by atoms with Crippen molar-refractivity contribution in [2.45, 2.75) is 19.8 Å². The fourth-order valence-corrected chi connectivity index (χ4v) is 3.18. The van der Waals surface area contributed by atoms with E-state index >= 15 is 0 Å². The van der Waals surface area contributed by atoms with Gasteiger partial charge in [0.2, 0.25) is 0 Å². The highest BCUT2D eigenvalue weighted by Crippen LogP contribution is 2.67. The van der Waals surface area contributed by atoms with Crippen molar-refractivity contribution in [2.75, 3.05) is 0 Å². The highest BCUT2D eigenvalue weighted by molar-refractivity contribution is 5.91. The van der Waals surface area contributed by atoms with Crippen molar-refractivity contribution in [3.8, 4) is 0 Å². The Kier molecular flexibility index (Phi) is 1.79. The summed E-state index contributed by atoms with van der Waals surface area (Å²) in [5.41, 5.74) is 5.03. The Morgan fingerprint density at radius 2 is 1.88 bits per heavy atom. The zero-order chi connectivity index (χ0) is 11.4. The lowest BCUT2D eigenvalue weighted by atomic mass is 9.95. The largest absolute Gasteiger partial charge is 0.481 e. The second kappa shape index (κ2) is 2.97. The Hall–Kier alpha value is -1.57. The van der Waals surface area contributed by atoms with Gasteiger partial charge in [-0.15, -0.1) is 0 Å². The van der Waals surface area contributed by atoms with E-state index < -0.39 is 5.97 Å². The molecule has 3 unspecified atom stereocenters. The van der Waals surface area contributed by atoms with E-state index in [1.165, 1.54) is 22.3 Å². The second-order valence-corrected chi connectivity index (χ2v) is 4.92. The number of hydrogen-bond donors (Lipinski definition) is 1. The predicted octanol–water partition coefficient (Wildman–Crippen LogP) is 2.91. The molecule has 2 aliphatic rings. The Bertz CT molecular complexity index is 509. The highest BCUT2D eigenvalue weighted by atomic mass is 16.4. The molecule has 0 saturated heterocycles. The van der Waals surface area contributed by atoms with Crippen LogP contribution < -0.4 is 0 Å². The van der Waals surface area contributed by atoms with Gasteiger partial charge in [0.05, 0.1) is 5.92 Å². The fourth-order valence-electron chi connectivity index (χ4n) is 3.18. The van der Waals surface area contributed by atoms with Gasteiger partial charge in [0, 0.05) is 11.8 Å². The van der Waals surface area contributed by atoms with Crippen molar-refractivity contribution < 1.29 is 9.90 Å². The van der Waals surface area contributed by atoms with E-state index in [0.717, 1.165) is 0 Å². The van der Waals surface area contributed by atoms with Gasteiger partial charge in [0.25, 0.3) is 0 Å². The van der Waals surface area contributed by atoms with Gasteiger partial charge >= 0.3 is 5.97 Å². The normalized spacial score (nSPS) is 29.6. The number of carboxylic acid groups (broad SMARTS) is 1. The van der Waals surface area contributed by atoms with E-state index in [4.69, 9.17) is 5.11 Å². The maximum atomic E-state index is 11.1. The van der Waals surface area contributed by atoms with Crippen LogP contribution in [-0.2, 0) is 4.79 Å². The van der Waals surface area contributed by atoms with Crippen LogP contribution in [0.4, 0.5) is 0 Å². The lowest BCUT2D eigenvalue weighted by Crippen LogP contribution is -2.05. The Morgan fingerprint density at radius 3 is 2.50 bits per heavy atom. The number of benzene rings is 1. The summed E-state index contributed by atoms with van der Waals surface area (Å²) in [4.78, 5) is 11.1. The first-order valence-electron chi connectivity index (χ1n) is 5.62. The third kappa shape index (κ3) is 1.04. The van der Waals surface area contributed by atoms with E-state index in [9.17, 15) is 4.79 Å². The fraction of sp³-hybridized carbons (Fsp3) is 0.357. The van der Waals surface area contributed by atoms with E-state index in [-0.39, 0.29) is 17.8 Å². The molecular weight excluding hydrogens is 200 g/mol. The van der Waals surface area contributed by atoms with Gasteiger partial charge < -0.3 is 5.11 Å². The predicted molar refractivity (Wildman–Crippen MR) is 62.1 cm³/mol. The maximum absolute atomic E-state index is 11.1. The van der Waals surface area contributed by atoms with E-state index in [1.807, 2.05) is 12.1 Å². The van der Waals surface area contributed by atoms with Crippen molar-refractivity contribution in [3.63, 3.8) is 0 Å². The molecule has 0 heterocycles. The van der Waals surface area contributed by atoms with Crippen LogP contribution in [-0.4, -0.2) is 11.1 Å². The number of fused-ring (bicyclic) bond motifs is 3. The van der Waals surface area contributed by atoms with Crippen molar-refractivity contribution in [1.29, 1.82) is 0 Å². The molecule has 1 N–H and O–H groups in total. The molecule has 82 valence electrons. The number of hydrogen-bond acceptors (Lipinski definition) is 1. The van der Waals surface area contributed by atoms with Crippen molar-refractivity contribution in [3.05, 3.63) is 41.0 Å².